The zero-order valence-corrected chi connectivity index (χ0v) is 15.6. The van der Waals surface area contributed by atoms with E-state index in [1.54, 1.807) is 33.8 Å². The van der Waals surface area contributed by atoms with Gasteiger partial charge in [0.2, 0.25) is 0 Å². The third-order valence-corrected chi connectivity index (χ3v) is 6.47. The van der Waals surface area contributed by atoms with E-state index in [1.165, 1.54) is 25.3 Å². The van der Waals surface area contributed by atoms with Crippen LogP contribution in [0.4, 0.5) is 4.39 Å². The number of carbonyl (C=O) groups is 2. The van der Waals surface area contributed by atoms with Gasteiger partial charge in [-0.2, -0.15) is 5.10 Å². The Morgan fingerprint density at radius 2 is 2.07 bits per heavy atom. The van der Waals surface area contributed by atoms with E-state index >= 15 is 0 Å². The summed E-state index contributed by atoms with van der Waals surface area (Å²) >= 11 is 0. The second-order valence-corrected chi connectivity index (χ2v) is 8.21. The molecule has 7 heteroatoms. The first kappa shape index (κ1) is 17.4. The van der Waals surface area contributed by atoms with E-state index in [9.17, 15) is 14.0 Å². The van der Waals surface area contributed by atoms with Crippen LogP contribution in [0.5, 0.6) is 0 Å². The Hall–Kier alpha value is -2.70. The molecule has 6 nitrogen and oxygen atoms in total. The first-order valence-corrected chi connectivity index (χ1v) is 10.00. The minimum Gasteiger partial charge on any atom is -0.348 e. The molecule has 2 fully saturated rings. The number of fused-ring (bicyclic) bond motifs is 3. The number of carbonyl (C=O) groups excluding carboxylic acids is 2. The molecule has 2 saturated carbocycles. The molecule has 2 heterocycles. The van der Waals surface area contributed by atoms with Gasteiger partial charge < -0.3 is 10.2 Å². The largest absolute Gasteiger partial charge is 0.348 e. The lowest BCUT2D eigenvalue weighted by Crippen LogP contribution is -2.40. The SMILES string of the molecule is O=C(NC1CC2CCC1C2)c1cc2n(n1)CCN(Cc1ccccc1F)C2=O. The molecule has 1 aromatic heterocycles. The molecule has 0 radical (unpaired) electrons. The van der Waals surface area contributed by atoms with E-state index in [4.69, 9.17) is 0 Å². The normalized spacial score (nSPS) is 25.8. The van der Waals surface area contributed by atoms with Crippen LogP contribution in [0.2, 0.25) is 0 Å². The second kappa shape index (κ2) is 6.72. The van der Waals surface area contributed by atoms with Crippen molar-refractivity contribution in [2.75, 3.05) is 6.54 Å². The molecule has 3 unspecified atom stereocenters. The molecule has 146 valence electrons. The van der Waals surface area contributed by atoms with Gasteiger partial charge in [-0.05, 0) is 37.2 Å². The highest BCUT2D eigenvalue weighted by atomic mass is 19.1. The van der Waals surface area contributed by atoms with Crippen LogP contribution in [-0.4, -0.2) is 39.1 Å². The molecule has 3 aliphatic rings. The zero-order chi connectivity index (χ0) is 19.3. The number of benzene rings is 1. The van der Waals surface area contributed by atoms with E-state index in [1.807, 2.05) is 0 Å². The molecule has 1 aliphatic heterocycles. The summed E-state index contributed by atoms with van der Waals surface area (Å²) in [6.07, 6.45) is 4.74. The maximum absolute atomic E-state index is 13.9. The smallest absolute Gasteiger partial charge is 0.272 e. The highest BCUT2D eigenvalue weighted by molar-refractivity contribution is 5.98. The number of rotatable bonds is 4. The average molecular weight is 382 g/mol. The highest BCUT2D eigenvalue weighted by Gasteiger charge is 2.40. The van der Waals surface area contributed by atoms with Crippen molar-refractivity contribution in [1.29, 1.82) is 0 Å². The van der Waals surface area contributed by atoms with Crippen LogP contribution < -0.4 is 5.32 Å². The monoisotopic (exact) mass is 382 g/mol. The minimum absolute atomic E-state index is 0.201. The fraction of sp³-hybridized carbons (Fsp3) is 0.476. The van der Waals surface area contributed by atoms with Gasteiger partial charge in [0.25, 0.3) is 11.8 Å². The van der Waals surface area contributed by atoms with Crippen molar-refractivity contribution in [3.05, 3.63) is 53.1 Å². The summed E-state index contributed by atoms with van der Waals surface area (Å²) in [4.78, 5) is 27.1. The number of nitrogens with zero attached hydrogens (tertiary/aromatic N) is 3. The molecular formula is C21H23FN4O2. The summed E-state index contributed by atoms with van der Waals surface area (Å²) in [5.74, 6) is 0.595. The number of nitrogens with one attached hydrogen (secondary N) is 1. The molecule has 5 rings (SSSR count). The van der Waals surface area contributed by atoms with Gasteiger partial charge in [0.1, 0.15) is 11.5 Å². The van der Waals surface area contributed by atoms with Crippen molar-refractivity contribution in [2.45, 2.75) is 44.8 Å². The molecule has 2 aromatic rings. The molecule has 28 heavy (non-hydrogen) atoms. The number of amides is 2. The van der Waals surface area contributed by atoms with Gasteiger partial charge >= 0.3 is 0 Å². The molecule has 1 aromatic carbocycles. The Balaban J connectivity index is 1.30. The lowest BCUT2D eigenvalue weighted by molar-refractivity contribution is 0.0681. The van der Waals surface area contributed by atoms with Gasteiger partial charge in [0, 0.05) is 30.8 Å². The van der Waals surface area contributed by atoms with Crippen LogP contribution in [0.15, 0.2) is 30.3 Å². The lowest BCUT2D eigenvalue weighted by atomic mass is 9.95. The van der Waals surface area contributed by atoms with Crippen molar-refractivity contribution in [3.63, 3.8) is 0 Å². The van der Waals surface area contributed by atoms with Crippen molar-refractivity contribution in [1.82, 2.24) is 20.0 Å². The topological polar surface area (TPSA) is 67.2 Å². The average Bonchev–Trinajstić information content (AvgIpc) is 3.41. The predicted octanol–water partition coefficient (Wildman–Crippen LogP) is 2.60. The highest BCUT2D eigenvalue weighted by Crippen LogP contribution is 2.44. The first-order chi connectivity index (χ1) is 13.6. The van der Waals surface area contributed by atoms with Gasteiger partial charge in [-0.3, -0.25) is 14.3 Å². The number of hydrogen-bond donors (Lipinski definition) is 1. The molecule has 1 N–H and O–H groups in total. The summed E-state index contributed by atoms with van der Waals surface area (Å²) in [7, 11) is 0. The molecule has 2 aliphatic carbocycles. The third kappa shape index (κ3) is 2.99. The Labute approximate surface area is 162 Å². The summed E-state index contributed by atoms with van der Waals surface area (Å²) in [5, 5.41) is 7.47. The van der Waals surface area contributed by atoms with Crippen molar-refractivity contribution in [3.8, 4) is 0 Å². The fourth-order valence-electron chi connectivity index (χ4n) is 5.00. The molecular weight excluding hydrogens is 359 g/mol. The van der Waals surface area contributed by atoms with E-state index in [-0.39, 0.29) is 30.2 Å². The predicted molar refractivity (Wildman–Crippen MR) is 100 cm³/mol. The Morgan fingerprint density at radius 1 is 1.21 bits per heavy atom. The minimum atomic E-state index is -0.319. The number of halogens is 1. The zero-order valence-electron chi connectivity index (χ0n) is 15.6. The van der Waals surface area contributed by atoms with E-state index in [2.05, 4.69) is 10.4 Å². The molecule has 2 bridgehead atoms. The first-order valence-electron chi connectivity index (χ1n) is 10.00. The maximum Gasteiger partial charge on any atom is 0.272 e. The molecule has 0 saturated heterocycles. The van der Waals surface area contributed by atoms with Crippen molar-refractivity contribution in [2.24, 2.45) is 11.8 Å². The maximum atomic E-state index is 13.9. The van der Waals surface area contributed by atoms with E-state index < -0.39 is 0 Å². The van der Waals surface area contributed by atoms with E-state index in [0.717, 1.165) is 12.3 Å². The Morgan fingerprint density at radius 3 is 2.82 bits per heavy atom. The lowest BCUT2D eigenvalue weighted by Gasteiger charge is -2.27. The van der Waals surface area contributed by atoms with Crippen molar-refractivity contribution >= 4 is 11.8 Å². The van der Waals surface area contributed by atoms with Crippen LogP contribution in [0.1, 0.15) is 52.2 Å². The van der Waals surface area contributed by atoms with Crippen LogP contribution in [-0.2, 0) is 13.1 Å². The van der Waals surface area contributed by atoms with E-state index in [0.29, 0.717) is 36.0 Å². The van der Waals surface area contributed by atoms with Gasteiger partial charge in [0.15, 0.2) is 5.69 Å². The quantitative estimate of drug-likeness (QED) is 0.884. The summed E-state index contributed by atoms with van der Waals surface area (Å²) in [6.45, 7) is 1.15. The van der Waals surface area contributed by atoms with Crippen LogP contribution >= 0.6 is 0 Å². The fourth-order valence-corrected chi connectivity index (χ4v) is 5.00. The summed E-state index contributed by atoms with van der Waals surface area (Å²) < 4.78 is 15.5. The standard InChI is InChI=1S/C21H23FN4O2/c22-16-4-2-1-3-15(16)12-25-7-8-26-19(21(25)28)11-18(24-26)20(27)23-17-10-13-5-6-14(17)9-13/h1-4,11,13-14,17H,5-10,12H2,(H,23,27). The molecule has 2 amide bonds. The van der Waals surface area contributed by atoms with Gasteiger partial charge in [0.05, 0.1) is 6.54 Å². The number of hydrogen-bond acceptors (Lipinski definition) is 3. The van der Waals surface area contributed by atoms with Gasteiger partial charge in [-0.15, -0.1) is 0 Å². The second-order valence-electron chi connectivity index (χ2n) is 8.21. The summed E-state index contributed by atoms with van der Waals surface area (Å²) in [5.41, 5.74) is 1.16. The third-order valence-electron chi connectivity index (χ3n) is 6.47. The molecule has 3 atom stereocenters. The Bertz CT molecular complexity index is 940. The van der Waals surface area contributed by atoms with Gasteiger partial charge in [-0.25, -0.2) is 4.39 Å². The Kier molecular flexibility index (Phi) is 4.18. The van der Waals surface area contributed by atoms with Gasteiger partial charge in [-0.1, -0.05) is 24.6 Å². The van der Waals surface area contributed by atoms with Crippen LogP contribution in [0.3, 0.4) is 0 Å². The van der Waals surface area contributed by atoms with Crippen LogP contribution in [0.25, 0.3) is 0 Å². The molecule has 0 spiro atoms. The summed E-state index contributed by atoms with van der Waals surface area (Å²) in [6, 6.07) is 8.27. The number of aromatic nitrogens is 2. The van der Waals surface area contributed by atoms with Crippen LogP contribution in [0, 0.1) is 17.7 Å². The van der Waals surface area contributed by atoms with Crippen molar-refractivity contribution < 1.29 is 14.0 Å².